The molecule has 0 aromatic heterocycles. The lowest BCUT2D eigenvalue weighted by molar-refractivity contribution is -0.0870. The molecule has 4 rings (SSSR count). The molecular weight excluding hydrogens is 276 g/mol. The van der Waals surface area contributed by atoms with E-state index in [0.29, 0.717) is 29.6 Å². The molecule has 4 unspecified atom stereocenters. The Kier molecular flexibility index (Phi) is 3.49. The first-order chi connectivity index (χ1) is 10.4. The maximum Gasteiger partial charge on any atom is 0.0757 e. The molecule has 4 aliphatic carbocycles. The number of fused-ring (bicyclic) bond motifs is 5. The van der Waals surface area contributed by atoms with Gasteiger partial charge in [0, 0.05) is 0 Å². The lowest BCUT2D eigenvalue weighted by Gasteiger charge is -2.54. The lowest BCUT2D eigenvalue weighted by Crippen LogP contribution is -2.51. The van der Waals surface area contributed by atoms with E-state index in [0.717, 1.165) is 38.5 Å². The van der Waals surface area contributed by atoms with Crippen LogP contribution < -0.4 is 0 Å². The van der Waals surface area contributed by atoms with Crippen molar-refractivity contribution in [3.63, 3.8) is 0 Å². The molecule has 0 spiro atoms. The molecule has 9 atom stereocenters. The summed E-state index contributed by atoms with van der Waals surface area (Å²) in [5, 5.41) is 31.4. The smallest absolute Gasteiger partial charge is 0.0757 e. The summed E-state index contributed by atoms with van der Waals surface area (Å²) in [6.07, 6.45) is 7.24. The van der Waals surface area contributed by atoms with Crippen molar-refractivity contribution < 1.29 is 15.3 Å². The van der Waals surface area contributed by atoms with E-state index in [9.17, 15) is 15.3 Å². The molecule has 0 aromatic carbocycles. The fourth-order valence-electron chi connectivity index (χ4n) is 6.62. The van der Waals surface area contributed by atoms with Crippen molar-refractivity contribution in [2.75, 3.05) is 0 Å². The van der Waals surface area contributed by atoms with E-state index >= 15 is 0 Å². The van der Waals surface area contributed by atoms with Gasteiger partial charge in [0.05, 0.1) is 18.3 Å². The minimum Gasteiger partial charge on any atom is -0.393 e. The second-order valence-electron chi connectivity index (χ2n) is 8.82. The average Bonchev–Trinajstić information content (AvgIpc) is 2.70. The zero-order valence-electron chi connectivity index (χ0n) is 13.8. The van der Waals surface area contributed by atoms with Gasteiger partial charge in [-0.3, -0.25) is 0 Å². The van der Waals surface area contributed by atoms with E-state index in [2.05, 4.69) is 19.9 Å². The minimum atomic E-state index is -0.385. The van der Waals surface area contributed by atoms with E-state index < -0.39 is 0 Å². The lowest BCUT2D eigenvalue weighted by atomic mass is 9.52. The van der Waals surface area contributed by atoms with E-state index in [-0.39, 0.29) is 23.7 Å². The van der Waals surface area contributed by atoms with Crippen LogP contribution in [0.15, 0.2) is 11.6 Å². The third kappa shape index (κ3) is 1.98. The van der Waals surface area contributed by atoms with Gasteiger partial charge >= 0.3 is 0 Å². The number of hydrogen-bond donors (Lipinski definition) is 3. The molecule has 0 radical (unpaired) electrons. The Morgan fingerprint density at radius 1 is 1.14 bits per heavy atom. The summed E-state index contributed by atoms with van der Waals surface area (Å²) in [6, 6.07) is 0. The van der Waals surface area contributed by atoms with Gasteiger partial charge in [0.25, 0.3) is 0 Å². The Bertz CT molecular complexity index is 487. The summed E-state index contributed by atoms with van der Waals surface area (Å²) >= 11 is 0. The Labute approximate surface area is 133 Å². The summed E-state index contributed by atoms with van der Waals surface area (Å²) in [4.78, 5) is 0. The van der Waals surface area contributed by atoms with E-state index in [1.807, 2.05) is 0 Å². The van der Waals surface area contributed by atoms with Crippen LogP contribution in [-0.4, -0.2) is 33.6 Å². The maximum absolute atomic E-state index is 10.8. The topological polar surface area (TPSA) is 60.7 Å². The van der Waals surface area contributed by atoms with Crippen LogP contribution in [0, 0.1) is 35.0 Å². The van der Waals surface area contributed by atoms with Crippen molar-refractivity contribution in [2.24, 2.45) is 35.0 Å². The molecule has 3 fully saturated rings. The van der Waals surface area contributed by atoms with Gasteiger partial charge in [-0.25, -0.2) is 0 Å². The normalized spacial score (nSPS) is 57.6. The maximum atomic E-state index is 10.8. The van der Waals surface area contributed by atoms with Crippen molar-refractivity contribution in [3.05, 3.63) is 11.6 Å². The van der Waals surface area contributed by atoms with Crippen LogP contribution in [0.4, 0.5) is 0 Å². The van der Waals surface area contributed by atoms with Crippen LogP contribution in [-0.2, 0) is 0 Å². The van der Waals surface area contributed by atoms with Crippen LogP contribution in [0.3, 0.4) is 0 Å². The van der Waals surface area contributed by atoms with Crippen molar-refractivity contribution in [1.82, 2.24) is 0 Å². The van der Waals surface area contributed by atoms with Crippen molar-refractivity contribution in [3.8, 4) is 0 Å². The number of aliphatic hydroxyl groups excluding tert-OH is 3. The van der Waals surface area contributed by atoms with Gasteiger partial charge in [0.1, 0.15) is 0 Å². The summed E-state index contributed by atoms with van der Waals surface area (Å²) in [5.41, 5.74) is 1.30. The summed E-state index contributed by atoms with van der Waals surface area (Å²) in [5.74, 6) is 2.21. The molecule has 3 nitrogen and oxygen atoms in total. The quantitative estimate of drug-likeness (QED) is 0.603. The molecule has 4 aliphatic rings. The van der Waals surface area contributed by atoms with Crippen LogP contribution in [0.25, 0.3) is 0 Å². The van der Waals surface area contributed by atoms with Crippen molar-refractivity contribution in [1.29, 1.82) is 0 Å². The van der Waals surface area contributed by atoms with Crippen molar-refractivity contribution in [2.45, 2.75) is 70.7 Å². The molecule has 0 bridgehead atoms. The van der Waals surface area contributed by atoms with Gasteiger partial charge in [0.2, 0.25) is 0 Å². The first kappa shape index (κ1) is 15.2. The van der Waals surface area contributed by atoms with Crippen LogP contribution >= 0.6 is 0 Å². The van der Waals surface area contributed by atoms with Gasteiger partial charge in [-0.2, -0.15) is 0 Å². The number of aliphatic hydroxyl groups is 3. The fourth-order valence-corrected chi connectivity index (χ4v) is 6.62. The van der Waals surface area contributed by atoms with Crippen molar-refractivity contribution >= 4 is 0 Å². The standard InChI is InChI=1S/C19H30O3/c1-10-7-15-17-14(5-6-19(15,2)18(10)22)13-4-3-12(20)8-11(13)9-16(17)21/h9-10,12-18,20-22H,3-8H2,1-2H3/t10-,12-,13+,14?,15?,16?,17?,18-,19+/m1/s1. The van der Waals surface area contributed by atoms with E-state index in [4.69, 9.17) is 0 Å². The monoisotopic (exact) mass is 306 g/mol. The van der Waals surface area contributed by atoms with Gasteiger partial charge in [-0.1, -0.05) is 25.5 Å². The Morgan fingerprint density at radius 2 is 1.91 bits per heavy atom. The largest absolute Gasteiger partial charge is 0.393 e. The van der Waals surface area contributed by atoms with E-state index in [1.165, 1.54) is 5.57 Å². The molecule has 22 heavy (non-hydrogen) atoms. The Balaban J connectivity index is 1.68. The Morgan fingerprint density at radius 3 is 2.68 bits per heavy atom. The van der Waals surface area contributed by atoms with Gasteiger partial charge in [-0.05, 0) is 73.5 Å². The molecule has 0 amide bonds. The third-order valence-electron chi connectivity index (χ3n) is 7.72. The summed E-state index contributed by atoms with van der Waals surface area (Å²) < 4.78 is 0. The van der Waals surface area contributed by atoms with Gasteiger partial charge in [-0.15, -0.1) is 0 Å². The molecule has 0 heterocycles. The third-order valence-corrected chi connectivity index (χ3v) is 7.72. The Hall–Kier alpha value is -0.380. The molecule has 0 aromatic rings. The van der Waals surface area contributed by atoms with Crippen LogP contribution in [0.2, 0.25) is 0 Å². The predicted molar refractivity (Wildman–Crippen MR) is 85.0 cm³/mol. The average molecular weight is 306 g/mol. The molecule has 3 heteroatoms. The van der Waals surface area contributed by atoms with E-state index in [1.54, 1.807) is 0 Å². The number of rotatable bonds is 0. The van der Waals surface area contributed by atoms with Gasteiger partial charge in [0.15, 0.2) is 0 Å². The SMILES string of the molecule is C[C@@H]1CC2C3C(O)C=C4C[C@H](O)CC[C@@H]4C3CC[C@]2(C)[C@@H]1O. The highest BCUT2D eigenvalue weighted by atomic mass is 16.3. The fraction of sp³-hybridized carbons (Fsp3) is 0.895. The van der Waals surface area contributed by atoms with Crippen LogP contribution in [0.1, 0.15) is 52.4 Å². The molecule has 3 N–H and O–H groups in total. The predicted octanol–water partition coefficient (Wildman–Crippen LogP) is 2.50. The van der Waals surface area contributed by atoms with Gasteiger partial charge < -0.3 is 15.3 Å². The molecular formula is C19H30O3. The molecule has 124 valence electrons. The summed E-state index contributed by atoms with van der Waals surface area (Å²) in [7, 11) is 0. The zero-order chi connectivity index (χ0) is 15.6. The first-order valence-corrected chi connectivity index (χ1v) is 9.16. The minimum absolute atomic E-state index is 0.0128. The highest BCUT2D eigenvalue weighted by Gasteiger charge is 2.59. The molecule has 0 saturated heterocycles. The second kappa shape index (κ2) is 5.06. The second-order valence-corrected chi connectivity index (χ2v) is 8.82. The first-order valence-electron chi connectivity index (χ1n) is 9.16. The molecule has 0 aliphatic heterocycles. The highest BCUT2D eigenvalue weighted by molar-refractivity contribution is 5.23. The zero-order valence-corrected chi connectivity index (χ0v) is 13.8. The summed E-state index contributed by atoms with van der Waals surface area (Å²) in [6.45, 7) is 4.41. The highest BCUT2D eigenvalue weighted by Crippen LogP contribution is 2.62. The van der Waals surface area contributed by atoms with Crippen LogP contribution in [0.5, 0.6) is 0 Å². The molecule has 3 saturated carbocycles. The number of hydrogen-bond acceptors (Lipinski definition) is 3.